The van der Waals surface area contributed by atoms with E-state index in [-0.39, 0.29) is 0 Å². The lowest BCUT2D eigenvalue weighted by molar-refractivity contribution is 0.470. The summed E-state index contributed by atoms with van der Waals surface area (Å²) in [5.41, 5.74) is 2.43. The maximum atomic E-state index is 4.58. The molecule has 2 heterocycles. The van der Waals surface area contributed by atoms with Crippen molar-refractivity contribution in [1.29, 1.82) is 0 Å². The monoisotopic (exact) mass is 292 g/mol. The van der Waals surface area contributed by atoms with Crippen LogP contribution in [0.15, 0.2) is 17.6 Å². The Balaban J connectivity index is 1.91. The second-order valence-corrected chi connectivity index (χ2v) is 6.17. The Bertz CT molecular complexity index is 517. The van der Waals surface area contributed by atoms with Gasteiger partial charge < -0.3 is 5.32 Å². The molecule has 0 saturated carbocycles. The molecule has 20 heavy (non-hydrogen) atoms. The first kappa shape index (κ1) is 15.2. The zero-order valence-electron chi connectivity index (χ0n) is 12.6. The van der Waals surface area contributed by atoms with Crippen LogP contribution in [0.5, 0.6) is 0 Å². The summed E-state index contributed by atoms with van der Waals surface area (Å²) >= 11 is 1.77. The van der Waals surface area contributed by atoms with Gasteiger partial charge in [-0.3, -0.25) is 4.68 Å². The molecule has 0 saturated heterocycles. The van der Waals surface area contributed by atoms with E-state index < -0.39 is 0 Å². The molecule has 2 rings (SSSR count). The fraction of sp³-hybridized carbons (Fsp3) is 0.600. The molecule has 1 unspecified atom stereocenters. The number of rotatable bonds is 8. The van der Waals surface area contributed by atoms with E-state index in [1.807, 2.05) is 17.9 Å². The van der Waals surface area contributed by atoms with E-state index in [2.05, 4.69) is 40.7 Å². The summed E-state index contributed by atoms with van der Waals surface area (Å²) in [4.78, 5) is 4.58. The van der Waals surface area contributed by atoms with Gasteiger partial charge >= 0.3 is 0 Å². The number of nitrogens with zero attached hydrogens (tertiary/aromatic N) is 3. The standard InChI is InChI=1S/C15H24N4S/c1-4-8-16-13(10-15-18-12(2)11-20-15)5-6-14-7-9-17-19(14)3/h7,9,11,13,16H,4-6,8,10H2,1-3H3. The zero-order valence-corrected chi connectivity index (χ0v) is 13.4. The van der Waals surface area contributed by atoms with Crippen LogP contribution in [0.4, 0.5) is 0 Å². The van der Waals surface area contributed by atoms with Crippen LogP contribution >= 0.6 is 11.3 Å². The highest BCUT2D eigenvalue weighted by Crippen LogP contribution is 2.14. The van der Waals surface area contributed by atoms with E-state index in [0.717, 1.165) is 31.5 Å². The predicted octanol–water partition coefficient (Wildman–Crippen LogP) is 2.73. The SMILES string of the molecule is CCCNC(CCc1ccnn1C)Cc1nc(C)cs1. The van der Waals surface area contributed by atoms with Crippen LogP contribution < -0.4 is 5.32 Å². The minimum absolute atomic E-state index is 0.496. The lowest BCUT2D eigenvalue weighted by Gasteiger charge is -2.17. The molecular formula is C15H24N4S. The molecule has 0 radical (unpaired) electrons. The highest BCUT2D eigenvalue weighted by atomic mass is 32.1. The van der Waals surface area contributed by atoms with Crippen molar-refractivity contribution in [3.63, 3.8) is 0 Å². The Hall–Kier alpha value is -1.20. The molecule has 0 aromatic carbocycles. The van der Waals surface area contributed by atoms with Crippen LogP contribution in [0.2, 0.25) is 0 Å². The van der Waals surface area contributed by atoms with Crippen LogP contribution in [-0.2, 0) is 19.9 Å². The summed E-state index contributed by atoms with van der Waals surface area (Å²) in [6.07, 6.45) is 6.24. The van der Waals surface area contributed by atoms with E-state index >= 15 is 0 Å². The second-order valence-electron chi connectivity index (χ2n) is 5.22. The number of aryl methyl sites for hydroxylation is 3. The molecule has 2 aromatic rings. The van der Waals surface area contributed by atoms with Crippen molar-refractivity contribution in [3.8, 4) is 0 Å². The molecule has 1 N–H and O–H groups in total. The molecular weight excluding hydrogens is 268 g/mol. The fourth-order valence-corrected chi connectivity index (χ4v) is 3.15. The van der Waals surface area contributed by atoms with Crippen LogP contribution in [-0.4, -0.2) is 27.4 Å². The average molecular weight is 292 g/mol. The molecule has 0 aliphatic heterocycles. The van der Waals surface area contributed by atoms with Gasteiger partial charge in [0.2, 0.25) is 0 Å². The molecule has 0 fully saturated rings. The Labute approximate surface area is 125 Å². The largest absolute Gasteiger partial charge is 0.314 e. The molecule has 0 aliphatic carbocycles. The molecule has 5 heteroatoms. The molecule has 2 aromatic heterocycles. The Morgan fingerprint density at radius 3 is 2.90 bits per heavy atom. The van der Waals surface area contributed by atoms with Crippen molar-refractivity contribution in [1.82, 2.24) is 20.1 Å². The third kappa shape index (κ3) is 4.42. The van der Waals surface area contributed by atoms with E-state index in [0.29, 0.717) is 6.04 Å². The average Bonchev–Trinajstić information content (AvgIpc) is 3.02. The van der Waals surface area contributed by atoms with Crippen LogP contribution in [0.1, 0.15) is 36.2 Å². The normalized spacial score (nSPS) is 12.8. The first-order valence-corrected chi connectivity index (χ1v) is 8.18. The van der Waals surface area contributed by atoms with Crippen molar-refractivity contribution in [2.75, 3.05) is 6.54 Å². The summed E-state index contributed by atoms with van der Waals surface area (Å²) in [6, 6.07) is 2.60. The fourth-order valence-electron chi connectivity index (χ4n) is 2.30. The van der Waals surface area contributed by atoms with E-state index in [1.165, 1.54) is 17.1 Å². The van der Waals surface area contributed by atoms with Gasteiger partial charge in [0.15, 0.2) is 0 Å². The van der Waals surface area contributed by atoms with Crippen molar-refractivity contribution < 1.29 is 0 Å². The topological polar surface area (TPSA) is 42.7 Å². The van der Waals surface area contributed by atoms with Crippen LogP contribution in [0, 0.1) is 6.92 Å². The van der Waals surface area contributed by atoms with Gasteiger partial charge in [-0.05, 0) is 38.8 Å². The Morgan fingerprint density at radius 1 is 1.45 bits per heavy atom. The molecule has 110 valence electrons. The van der Waals surface area contributed by atoms with E-state index in [1.54, 1.807) is 11.3 Å². The van der Waals surface area contributed by atoms with Gasteiger partial charge in [-0.1, -0.05) is 6.92 Å². The van der Waals surface area contributed by atoms with Crippen molar-refractivity contribution in [2.24, 2.45) is 7.05 Å². The predicted molar refractivity (Wildman–Crippen MR) is 84.2 cm³/mol. The van der Waals surface area contributed by atoms with Crippen molar-refractivity contribution in [2.45, 2.75) is 45.6 Å². The summed E-state index contributed by atoms with van der Waals surface area (Å²) < 4.78 is 1.96. The first-order valence-electron chi connectivity index (χ1n) is 7.30. The highest BCUT2D eigenvalue weighted by Gasteiger charge is 2.12. The summed E-state index contributed by atoms with van der Waals surface area (Å²) in [6.45, 7) is 5.34. The molecule has 0 bridgehead atoms. The number of hydrogen-bond acceptors (Lipinski definition) is 4. The maximum absolute atomic E-state index is 4.58. The lowest BCUT2D eigenvalue weighted by Crippen LogP contribution is -2.32. The van der Waals surface area contributed by atoms with Crippen molar-refractivity contribution >= 4 is 11.3 Å². The maximum Gasteiger partial charge on any atom is 0.0943 e. The summed E-state index contributed by atoms with van der Waals surface area (Å²) in [5, 5.41) is 11.2. The minimum Gasteiger partial charge on any atom is -0.314 e. The van der Waals surface area contributed by atoms with Gasteiger partial charge in [-0.2, -0.15) is 5.10 Å². The molecule has 4 nitrogen and oxygen atoms in total. The minimum atomic E-state index is 0.496. The summed E-state index contributed by atoms with van der Waals surface area (Å²) in [5.74, 6) is 0. The van der Waals surface area contributed by atoms with Gasteiger partial charge in [0.25, 0.3) is 0 Å². The Kier molecular flexibility index (Phi) is 5.73. The summed E-state index contributed by atoms with van der Waals surface area (Å²) in [7, 11) is 2.01. The Morgan fingerprint density at radius 2 is 2.30 bits per heavy atom. The third-order valence-corrected chi connectivity index (χ3v) is 4.43. The zero-order chi connectivity index (χ0) is 14.4. The second kappa shape index (κ2) is 7.55. The molecule has 0 aliphatic rings. The van der Waals surface area contributed by atoms with E-state index in [9.17, 15) is 0 Å². The number of aromatic nitrogens is 3. The molecule has 0 amide bonds. The van der Waals surface area contributed by atoms with Gasteiger partial charge in [-0.25, -0.2) is 4.98 Å². The van der Waals surface area contributed by atoms with Gasteiger partial charge in [0.1, 0.15) is 0 Å². The number of nitrogens with one attached hydrogen (secondary N) is 1. The van der Waals surface area contributed by atoms with Gasteiger partial charge in [0.05, 0.1) is 5.01 Å². The smallest absolute Gasteiger partial charge is 0.0943 e. The van der Waals surface area contributed by atoms with Crippen LogP contribution in [0.3, 0.4) is 0 Å². The quantitative estimate of drug-likeness (QED) is 0.813. The number of thiazole rings is 1. The molecule has 0 spiro atoms. The molecule has 1 atom stereocenters. The van der Waals surface area contributed by atoms with Gasteiger partial charge in [-0.15, -0.1) is 11.3 Å². The van der Waals surface area contributed by atoms with E-state index in [4.69, 9.17) is 0 Å². The number of hydrogen-bond donors (Lipinski definition) is 1. The van der Waals surface area contributed by atoms with Gasteiger partial charge in [0, 0.05) is 42.5 Å². The van der Waals surface area contributed by atoms with Crippen LogP contribution in [0.25, 0.3) is 0 Å². The lowest BCUT2D eigenvalue weighted by atomic mass is 10.1. The van der Waals surface area contributed by atoms with Crippen molar-refractivity contribution in [3.05, 3.63) is 34.0 Å². The first-order chi connectivity index (χ1) is 9.69. The third-order valence-electron chi connectivity index (χ3n) is 3.44. The highest BCUT2D eigenvalue weighted by molar-refractivity contribution is 7.09.